The van der Waals surface area contributed by atoms with Crippen LogP contribution < -0.4 is 0 Å². The molecule has 0 aromatic rings. The third kappa shape index (κ3) is 5.57. The van der Waals surface area contributed by atoms with Gasteiger partial charge in [0.1, 0.15) is 6.42 Å². The molecular formula is C9H14N4. The van der Waals surface area contributed by atoms with Crippen molar-refractivity contribution >= 4 is 0 Å². The average molecular weight is 178 g/mol. The summed E-state index contributed by atoms with van der Waals surface area (Å²) in [5, 5.41) is 15.2. The molecule has 0 spiro atoms. The van der Waals surface area contributed by atoms with Crippen LogP contribution in [0.2, 0.25) is 0 Å². The van der Waals surface area contributed by atoms with Crippen molar-refractivity contribution in [2.24, 2.45) is 0 Å². The highest BCUT2D eigenvalue weighted by Crippen LogP contribution is 2.00. The lowest BCUT2D eigenvalue weighted by molar-refractivity contribution is 0.308. The second-order valence-electron chi connectivity index (χ2n) is 2.59. The Kier molecular flexibility index (Phi) is 6.09. The van der Waals surface area contributed by atoms with Gasteiger partial charge in [-0.3, -0.25) is 0 Å². The summed E-state index contributed by atoms with van der Waals surface area (Å²) in [5.74, 6) is 0. The molecule has 0 aliphatic carbocycles. The van der Waals surface area contributed by atoms with Gasteiger partial charge in [-0.15, -0.1) is 0 Å². The van der Waals surface area contributed by atoms with E-state index < -0.39 is 0 Å². The van der Waals surface area contributed by atoms with E-state index in [2.05, 4.69) is 36.2 Å². The lowest BCUT2D eigenvalue weighted by Gasteiger charge is -2.14. The summed E-state index contributed by atoms with van der Waals surface area (Å²) in [6.45, 7) is 4.32. The summed E-state index contributed by atoms with van der Waals surface area (Å²) in [7, 11) is 2.08. The molecule has 0 radical (unpaired) electrons. The van der Waals surface area contributed by atoms with E-state index in [-0.39, 0.29) is 6.42 Å². The highest BCUT2D eigenvalue weighted by molar-refractivity contribution is 4.87. The van der Waals surface area contributed by atoms with Crippen molar-refractivity contribution in [1.82, 2.24) is 9.80 Å². The molecule has 4 heteroatoms. The molecule has 0 aromatic carbocycles. The SMILES string of the molecule is CCN1C=CN(C)C1.N#CCC#N. The molecule has 1 rings (SSSR count). The van der Waals surface area contributed by atoms with Crippen LogP contribution in [0, 0.1) is 22.7 Å². The van der Waals surface area contributed by atoms with Crippen molar-refractivity contribution < 1.29 is 0 Å². The smallest absolute Gasteiger partial charge is 0.122 e. The van der Waals surface area contributed by atoms with Gasteiger partial charge < -0.3 is 9.80 Å². The van der Waals surface area contributed by atoms with Crippen LogP contribution in [-0.2, 0) is 0 Å². The van der Waals surface area contributed by atoms with Gasteiger partial charge in [0.15, 0.2) is 0 Å². The molecule has 13 heavy (non-hydrogen) atoms. The van der Waals surface area contributed by atoms with Gasteiger partial charge in [0.2, 0.25) is 0 Å². The van der Waals surface area contributed by atoms with Crippen LogP contribution in [0.15, 0.2) is 12.4 Å². The van der Waals surface area contributed by atoms with E-state index in [0.29, 0.717) is 0 Å². The lowest BCUT2D eigenvalue weighted by Crippen LogP contribution is -2.21. The fourth-order valence-electron chi connectivity index (χ4n) is 0.830. The number of hydrogen-bond acceptors (Lipinski definition) is 4. The van der Waals surface area contributed by atoms with Crippen molar-refractivity contribution in [3.63, 3.8) is 0 Å². The number of hydrogen-bond donors (Lipinski definition) is 0. The van der Waals surface area contributed by atoms with Crippen molar-refractivity contribution in [2.75, 3.05) is 20.3 Å². The van der Waals surface area contributed by atoms with Crippen LogP contribution >= 0.6 is 0 Å². The maximum atomic E-state index is 7.59. The Bertz CT molecular complexity index is 221. The zero-order valence-electron chi connectivity index (χ0n) is 8.06. The van der Waals surface area contributed by atoms with Gasteiger partial charge in [0, 0.05) is 26.0 Å². The predicted octanol–water partition coefficient (Wildman–Crippen LogP) is 1.11. The van der Waals surface area contributed by atoms with E-state index in [1.165, 1.54) is 0 Å². The quantitative estimate of drug-likeness (QED) is 0.603. The minimum absolute atomic E-state index is 0. The van der Waals surface area contributed by atoms with Gasteiger partial charge in [-0.05, 0) is 6.92 Å². The Morgan fingerprint density at radius 3 is 2.08 bits per heavy atom. The Balaban J connectivity index is 0.000000252. The summed E-state index contributed by atoms with van der Waals surface area (Å²) in [5.41, 5.74) is 0. The summed E-state index contributed by atoms with van der Waals surface area (Å²) >= 11 is 0. The van der Waals surface area contributed by atoms with Crippen LogP contribution in [0.25, 0.3) is 0 Å². The molecule has 0 N–H and O–H groups in total. The third-order valence-corrected chi connectivity index (χ3v) is 1.50. The molecular weight excluding hydrogens is 164 g/mol. The van der Waals surface area contributed by atoms with Crippen molar-refractivity contribution in [2.45, 2.75) is 13.3 Å². The zero-order chi connectivity index (χ0) is 10.1. The molecule has 0 atom stereocenters. The van der Waals surface area contributed by atoms with Gasteiger partial charge in [-0.25, -0.2) is 0 Å². The highest BCUT2D eigenvalue weighted by atomic mass is 15.3. The first-order chi connectivity index (χ1) is 6.24. The highest BCUT2D eigenvalue weighted by Gasteiger charge is 2.03. The minimum Gasteiger partial charge on any atom is -0.362 e. The van der Waals surface area contributed by atoms with Crippen LogP contribution in [0.1, 0.15) is 13.3 Å². The molecule has 0 fully saturated rings. The molecule has 0 saturated heterocycles. The molecule has 70 valence electrons. The van der Waals surface area contributed by atoms with Crippen molar-refractivity contribution in [1.29, 1.82) is 10.5 Å². The van der Waals surface area contributed by atoms with Crippen molar-refractivity contribution in [3.05, 3.63) is 12.4 Å². The second-order valence-corrected chi connectivity index (χ2v) is 2.59. The molecule has 0 aromatic heterocycles. The Morgan fingerprint density at radius 1 is 1.31 bits per heavy atom. The van der Waals surface area contributed by atoms with Crippen LogP contribution in [0.4, 0.5) is 0 Å². The largest absolute Gasteiger partial charge is 0.362 e. The van der Waals surface area contributed by atoms with Crippen molar-refractivity contribution in [3.8, 4) is 12.1 Å². The molecule has 1 heterocycles. The molecule has 0 bridgehead atoms. The lowest BCUT2D eigenvalue weighted by atomic mass is 10.5. The Morgan fingerprint density at radius 2 is 1.92 bits per heavy atom. The molecule has 0 unspecified atom stereocenters. The molecule has 0 saturated carbocycles. The van der Waals surface area contributed by atoms with E-state index >= 15 is 0 Å². The molecule has 4 nitrogen and oxygen atoms in total. The normalized spacial score (nSPS) is 12.9. The van der Waals surface area contributed by atoms with E-state index in [0.717, 1.165) is 13.2 Å². The Labute approximate surface area is 79.3 Å². The summed E-state index contributed by atoms with van der Waals surface area (Å²) in [6, 6.07) is 3.31. The number of nitriles is 2. The van der Waals surface area contributed by atoms with Gasteiger partial charge in [-0.1, -0.05) is 0 Å². The zero-order valence-corrected chi connectivity index (χ0v) is 8.06. The summed E-state index contributed by atoms with van der Waals surface area (Å²) in [4.78, 5) is 4.41. The first-order valence-electron chi connectivity index (χ1n) is 4.11. The molecule has 0 amide bonds. The maximum absolute atomic E-state index is 7.59. The van der Waals surface area contributed by atoms with Gasteiger partial charge in [0.05, 0.1) is 18.8 Å². The van der Waals surface area contributed by atoms with Crippen LogP contribution in [-0.4, -0.2) is 30.1 Å². The third-order valence-electron chi connectivity index (χ3n) is 1.50. The fourth-order valence-corrected chi connectivity index (χ4v) is 0.830. The fraction of sp³-hybridized carbons (Fsp3) is 0.556. The van der Waals surface area contributed by atoms with Crippen LogP contribution in [0.3, 0.4) is 0 Å². The van der Waals surface area contributed by atoms with E-state index in [1.54, 1.807) is 12.1 Å². The molecule has 1 aliphatic rings. The summed E-state index contributed by atoms with van der Waals surface area (Å²) < 4.78 is 0. The summed E-state index contributed by atoms with van der Waals surface area (Å²) in [6.07, 6.45) is 4.20. The van der Waals surface area contributed by atoms with E-state index in [1.807, 2.05) is 0 Å². The maximum Gasteiger partial charge on any atom is 0.122 e. The van der Waals surface area contributed by atoms with E-state index in [4.69, 9.17) is 10.5 Å². The minimum atomic E-state index is 0. The van der Waals surface area contributed by atoms with E-state index in [9.17, 15) is 0 Å². The topological polar surface area (TPSA) is 54.1 Å². The van der Waals surface area contributed by atoms with Gasteiger partial charge in [-0.2, -0.15) is 10.5 Å². The first-order valence-corrected chi connectivity index (χ1v) is 4.11. The van der Waals surface area contributed by atoms with Gasteiger partial charge >= 0.3 is 0 Å². The number of rotatable bonds is 1. The van der Waals surface area contributed by atoms with Crippen LogP contribution in [0.5, 0.6) is 0 Å². The molecule has 1 aliphatic heterocycles. The Hall–Kier alpha value is -1.68. The monoisotopic (exact) mass is 178 g/mol. The average Bonchev–Trinajstić information content (AvgIpc) is 2.54. The standard InChI is InChI=1S/C6H12N2.C3H2N2/c1-3-8-5-4-7(2)6-8;4-2-1-3-5/h4-5H,3,6H2,1-2H3;1H2. The predicted molar refractivity (Wildman–Crippen MR) is 50.0 cm³/mol. The van der Waals surface area contributed by atoms with Gasteiger partial charge in [0.25, 0.3) is 0 Å². The second kappa shape index (κ2) is 7.00. The number of nitrogens with zero attached hydrogens (tertiary/aromatic N) is 4. The first kappa shape index (κ1) is 11.3.